The first kappa shape index (κ1) is 21.0. The lowest BCUT2D eigenvalue weighted by molar-refractivity contribution is 0.598. The third-order valence-corrected chi connectivity index (χ3v) is 7.18. The molecule has 2 aromatic heterocycles. The van der Waals surface area contributed by atoms with E-state index in [2.05, 4.69) is 25.1 Å². The summed E-state index contributed by atoms with van der Waals surface area (Å²) in [5.74, 6) is 0. The minimum Gasteiger partial charge on any atom is -0.278 e. The predicted octanol–water partition coefficient (Wildman–Crippen LogP) is 5.64. The van der Waals surface area contributed by atoms with Crippen LogP contribution < -0.4 is 4.72 Å². The summed E-state index contributed by atoms with van der Waals surface area (Å²) in [7, 11) is -4.05. The summed E-state index contributed by atoms with van der Waals surface area (Å²) in [6.07, 6.45) is 0. The largest absolute Gasteiger partial charge is 0.279 e. The molecule has 170 valence electrons. The number of anilines is 1. The lowest BCUT2D eigenvalue weighted by Crippen LogP contribution is -2.14. The van der Waals surface area contributed by atoms with Gasteiger partial charge in [0.05, 0.1) is 11.1 Å². The lowest BCUT2D eigenvalue weighted by atomic mass is 9.98. The fourth-order valence-corrected chi connectivity index (χ4v) is 5.47. The molecule has 4 aromatic carbocycles. The smallest absolute Gasteiger partial charge is 0.278 e. The Hall–Kier alpha value is -4.56. The fourth-order valence-electron chi connectivity index (χ4n) is 4.27. The van der Waals surface area contributed by atoms with Gasteiger partial charge in [0.2, 0.25) is 5.65 Å². The summed E-state index contributed by atoms with van der Waals surface area (Å²) in [6.45, 7) is 0. The Bertz CT molecular complexity index is 1780. The average Bonchev–Trinajstić information content (AvgIpc) is 3.35. The topological polar surface area (TPSA) is 101 Å². The minimum absolute atomic E-state index is 0.0635. The van der Waals surface area contributed by atoms with Gasteiger partial charge in [-0.2, -0.15) is 13.5 Å². The van der Waals surface area contributed by atoms with Crippen LogP contribution in [0.1, 0.15) is 0 Å². The highest BCUT2D eigenvalue weighted by Gasteiger charge is 2.27. The summed E-state index contributed by atoms with van der Waals surface area (Å²) in [4.78, 5) is 0. The monoisotopic (exact) mass is 477 g/mol. The molecule has 0 aliphatic carbocycles. The van der Waals surface area contributed by atoms with Gasteiger partial charge in [0, 0.05) is 16.5 Å². The van der Waals surface area contributed by atoms with Gasteiger partial charge in [0.25, 0.3) is 10.0 Å². The predicted molar refractivity (Wildman–Crippen MR) is 137 cm³/mol. The van der Waals surface area contributed by atoms with Crippen molar-refractivity contribution in [1.29, 1.82) is 0 Å². The average molecular weight is 478 g/mol. The van der Waals surface area contributed by atoms with Crippen LogP contribution >= 0.6 is 0 Å². The molecule has 0 aliphatic heterocycles. The Morgan fingerprint density at radius 3 is 2.11 bits per heavy atom. The van der Waals surface area contributed by atoms with E-state index in [1.165, 1.54) is 0 Å². The van der Waals surface area contributed by atoms with Crippen LogP contribution in [-0.4, -0.2) is 28.8 Å². The van der Waals surface area contributed by atoms with E-state index < -0.39 is 10.0 Å². The van der Waals surface area contributed by atoms with Gasteiger partial charge in [-0.1, -0.05) is 97.1 Å². The first-order valence-corrected chi connectivity index (χ1v) is 12.5. The van der Waals surface area contributed by atoms with Gasteiger partial charge in [-0.25, -0.2) is 0 Å². The number of aromatic nitrogens is 4. The molecular formula is C27H19N5O2S. The fraction of sp³-hybridized carbons (Fsp3) is 0. The summed E-state index contributed by atoms with van der Waals surface area (Å²) in [6, 6.07) is 32.2. The molecular weight excluding hydrogens is 458 g/mol. The number of rotatable bonds is 5. The number of sulfonamides is 1. The summed E-state index contributed by atoms with van der Waals surface area (Å²) >= 11 is 0. The first-order chi connectivity index (χ1) is 17.1. The molecule has 2 N–H and O–H groups in total. The lowest BCUT2D eigenvalue weighted by Gasteiger charge is -2.13. The zero-order valence-corrected chi connectivity index (χ0v) is 19.2. The molecule has 6 aromatic rings. The van der Waals surface area contributed by atoms with E-state index >= 15 is 0 Å². The van der Waals surface area contributed by atoms with E-state index in [-0.39, 0.29) is 10.7 Å². The van der Waals surface area contributed by atoms with Crippen molar-refractivity contribution >= 4 is 37.5 Å². The van der Waals surface area contributed by atoms with Crippen molar-refractivity contribution in [3.05, 3.63) is 103 Å². The third kappa shape index (κ3) is 3.70. The Morgan fingerprint density at radius 1 is 0.686 bits per heavy atom. The van der Waals surface area contributed by atoms with Gasteiger partial charge in [-0.3, -0.25) is 9.82 Å². The quantitative estimate of drug-likeness (QED) is 0.335. The second-order valence-corrected chi connectivity index (χ2v) is 9.66. The summed E-state index contributed by atoms with van der Waals surface area (Å²) in [5, 5.41) is 17.6. The van der Waals surface area contributed by atoms with Crippen molar-refractivity contribution in [3.63, 3.8) is 0 Å². The molecule has 0 atom stereocenters. The van der Waals surface area contributed by atoms with Crippen LogP contribution in [0.15, 0.2) is 108 Å². The van der Waals surface area contributed by atoms with Crippen molar-refractivity contribution < 1.29 is 8.42 Å². The molecule has 8 heteroatoms. The van der Waals surface area contributed by atoms with Crippen molar-refractivity contribution in [2.45, 2.75) is 5.03 Å². The zero-order valence-electron chi connectivity index (χ0n) is 18.4. The molecule has 0 bridgehead atoms. The maximum Gasteiger partial charge on any atom is 0.279 e. The number of nitrogens with zero attached hydrogens (tertiary/aromatic N) is 3. The highest BCUT2D eigenvalue weighted by atomic mass is 32.2. The molecule has 0 amide bonds. The number of H-pyrrole nitrogens is 1. The molecule has 0 radical (unpaired) electrons. The molecule has 0 aliphatic rings. The van der Waals surface area contributed by atoms with Crippen molar-refractivity contribution in [2.24, 2.45) is 0 Å². The molecule has 0 saturated heterocycles. The van der Waals surface area contributed by atoms with Crippen molar-refractivity contribution in [2.75, 3.05) is 4.72 Å². The number of benzene rings is 4. The SMILES string of the molecule is O=S(=O)(Nc1cccc2ccccc12)c1[nH]nc2nnc(-c3ccccc3)c(-c3ccccc3)c12. The van der Waals surface area contributed by atoms with Crippen LogP contribution in [0.4, 0.5) is 5.69 Å². The first-order valence-electron chi connectivity index (χ1n) is 11.0. The van der Waals surface area contributed by atoms with Gasteiger partial charge in [0.15, 0.2) is 5.03 Å². The number of nitrogens with one attached hydrogen (secondary N) is 2. The molecule has 0 spiro atoms. The highest BCUT2D eigenvalue weighted by Crippen LogP contribution is 2.38. The second-order valence-electron chi connectivity index (χ2n) is 8.04. The Kier molecular flexibility index (Phi) is 5.00. The normalized spacial score (nSPS) is 11.7. The minimum atomic E-state index is -4.05. The van der Waals surface area contributed by atoms with E-state index in [4.69, 9.17) is 0 Å². The standard InChI is InChI=1S/C27H19N5O2S/c33-35(34,32-22-17-9-15-18-10-7-8-16-21(18)22)27-24-23(19-11-3-1-4-12-19)25(20-13-5-2-6-14-20)28-29-26(24)30-31-27/h1-17,32H,(H,29,30,31). The summed E-state index contributed by atoms with van der Waals surface area (Å²) < 4.78 is 30.2. The van der Waals surface area contributed by atoms with Crippen molar-refractivity contribution in [3.8, 4) is 22.4 Å². The van der Waals surface area contributed by atoms with Crippen LogP contribution in [0.25, 0.3) is 44.2 Å². The van der Waals surface area contributed by atoms with Gasteiger partial charge in [0.1, 0.15) is 5.69 Å². The van der Waals surface area contributed by atoms with Gasteiger partial charge < -0.3 is 0 Å². The number of hydrogen-bond donors (Lipinski definition) is 2. The van der Waals surface area contributed by atoms with Crippen LogP contribution in [0, 0.1) is 0 Å². The molecule has 2 heterocycles. The van der Waals surface area contributed by atoms with Gasteiger partial charge >= 0.3 is 0 Å². The van der Waals surface area contributed by atoms with E-state index in [0.29, 0.717) is 22.3 Å². The van der Waals surface area contributed by atoms with E-state index in [1.807, 2.05) is 97.1 Å². The van der Waals surface area contributed by atoms with E-state index in [1.54, 1.807) is 6.07 Å². The third-order valence-electron chi connectivity index (χ3n) is 5.86. The van der Waals surface area contributed by atoms with Crippen LogP contribution in [0.3, 0.4) is 0 Å². The molecule has 0 fully saturated rings. The zero-order chi connectivity index (χ0) is 23.8. The van der Waals surface area contributed by atoms with Crippen LogP contribution in [-0.2, 0) is 10.0 Å². The maximum atomic E-state index is 13.7. The number of fused-ring (bicyclic) bond motifs is 2. The number of hydrogen-bond acceptors (Lipinski definition) is 5. The molecule has 6 rings (SSSR count). The van der Waals surface area contributed by atoms with Crippen LogP contribution in [0.5, 0.6) is 0 Å². The Labute approximate surface area is 201 Å². The molecule has 7 nitrogen and oxygen atoms in total. The Morgan fingerprint density at radius 2 is 1.34 bits per heavy atom. The maximum absolute atomic E-state index is 13.7. The summed E-state index contributed by atoms with van der Waals surface area (Å²) in [5.41, 5.74) is 3.57. The Balaban J connectivity index is 1.59. The molecule has 0 saturated carbocycles. The van der Waals surface area contributed by atoms with E-state index in [0.717, 1.165) is 21.9 Å². The van der Waals surface area contributed by atoms with Crippen LogP contribution in [0.2, 0.25) is 0 Å². The molecule has 35 heavy (non-hydrogen) atoms. The second kappa shape index (κ2) is 8.34. The van der Waals surface area contributed by atoms with Gasteiger partial charge in [-0.05, 0) is 17.0 Å². The highest BCUT2D eigenvalue weighted by molar-refractivity contribution is 7.92. The van der Waals surface area contributed by atoms with Gasteiger partial charge in [-0.15, -0.1) is 10.2 Å². The van der Waals surface area contributed by atoms with Crippen molar-refractivity contribution in [1.82, 2.24) is 20.4 Å². The van der Waals surface area contributed by atoms with E-state index in [9.17, 15) is 8.42 Å². The number of aromatic amines is 1. The molecule has 0 unspecified atom stereocenters.